The van der Waals surface area contributed by atoms with Crippen LogP contribution in [-0.2, 0) is 6.42 Å². The first-order chi connectivity index (χ1) is 12.2. The summed E-state index contributed by atoms with van der Waals surface area (Å²) >= 11 is 0. The third kappa shape index (κ3) is 4.12. The van der Waals surface area contributed by atoms with E-state index in [4.69, 9.17) is 0 Å². The van der Waals surface area contributed by atoms with Crippen LogP contribution < -0.4 is 5.32 Å². The van der Waals surface area contributed by atoms with E-state index in [2.05, 4.69) is 27.4 Å². The Hall–Kier alpha value is -2.95. The highest BCUT2D eigenvalue weighted by atomic mass is 16.1. The van der Waals surface area contributed by atoms with Gasteiger partial charge in [0.2, 0.25) is 0 Å². The minimum absolute atomic E-state index is 0.103. The second kappa shape index (κ2) is 7.75. The summed E-state index contributed by atoms with van der Waals surface area (Å²) in [6.07, 6.45) is 5.54. The molecule has 1 amide bonds. The van der Waals surface area contributed by atoms with Crippen LogP contribution in [0.3, 0.4) is 0 Å². The predicted octanol–water partition coefficient (Wildman–Crippen LogP) is 3.92. The fourth-order valence-electron chi connectivity index (χ4n) is 2.71. The Morgan fingerprint density at radius 1 is 1.12 bits per heavy atom. The van der Waals surface area contributed by atoms with Gasteiger partial charge in [0.1, 0.15) is 0 Å². The third-order valence-electron chi connectivity index (χ3n) is 4.12. The maximum atomic E-state index is 12.4. The van der Waals surface area contributed by atoms with E-state index in [9.17, 15) is 4.79 Å². The number of amides is 1. The fourth-order valence-corrected chi connectivity index (χ4v) is 2.71. The van der Waals surface area contributed by atoms with Crippen molar-refractivity contribution >= 4 is 5.91 Å². The van der Waals surface area contributed by atoms with Gasteiger partial charge in [-0.25, -0.2) is 0 Å². The quantitative estimate of drug-likeness (QED) is 0.718. The normalized spacial score (nSPS) is 11.9. The van der Waals surface area contributed by atoms with Gasteiger partial charge < -0.3 is 5.32 Å². The molecule has 0 saturated heterocycles. The zero-order valence-electron chi connectivity index (χ0n) is 14.5. The molecule has 0 bridgehead atoms. The highest BCUT2D eigenvalue weighted by molar-refractivity contribution is 5.94. The lowest BCUT2D eigenvalue weighted by atomic mass is 10.0. The van der Waals surface area contributed by atoms with E-state index in [1.807, 2.05) is 49.4 Å². The molecule has 1 atom stereocenters. The maximum absolute atomic E-state index is 12.4. The molecule has 0 aliphatic carbocycles. The molecule has 0 saturated carbocycles. The van der Waals surface area contributed by atoms with Gasteiger partial charge in [0, 0.05) is 23.7 Å². The van der Waals surface area contributed by atoms with Gasteiger partial charge in [0.15, 0.2) is 0 Å². The van der Waals surface area contributed by atoms with Crippen LogP contribution in [0.15, 0.2) is 54.9 Å². The molecule has 2 N–H and O–H groups in total. The Morgan fingerprint density at radius 2 is 1.80 bits per heavy atom. The number of aryl methyl sites for hydroxylation is 1. The van der Waals surface area contributed by atoms with E-state index in [0.717, 1.165) is 35.4 Å². The molecule has 0 spiro atoms. The summed E-state index contributed by atoms with van der Waals surface area (Å²) in [4.78, 5) is 16.5. The molecule has 128 valence electrons. The summed E-state index contributed by atoms with van der Waals surface area (Å²) in [5.41, 5.74) is 4.72. The zero-order valence-corrected chi connectivity index (χ0v) is 14.5. The summed E-state index contributed by atoms with van der Waals surface area (Å²) in [6, 6.07) is 13.3. The number of H-pyrrole nitrogens is 1. The molecule has 0 aliphatic heterocycles. The van der Waals surface area contributed by atoms with Gasteiger partial charge in [-0.15, -0.1) is 0 Å². The first kappa shape index (κ1) is 16.9. The smallest absolute Gasteiger partial charge is 0.251 e. The number of pyridine rings is 1. The van der Waals surface area contributed by atoms with Crippen LogP contribution in [0.1, 0.15) is 48.1 Å². The Morgan fingerprint density at radius 3 is 2.48 bits per heavy atom. The molecular formula is C20H22N4O. The number of aromatic amines is 1. The van der Waals surface area contributed by atoms with Gasteiger partial charge in [0.05, 0.1) is 11.7 Å². The highest BCUT2D eigenvalue weighted by Gasteiger charge is 2.14. The van der Waals surface area contributed by atoms with Crippen molar-refractivity contribution in [2.75, 3.05) is 0 Å². The highest BCUT2D eigenvalue weighted by Crippen LogP contribution is 2.19. The number of carbonyl (C=O) groups excluding carboxylic acids is 1. The number of hydrogen-bond donors (Lipinski definition) is 2. The van der Waals surface area contributed by atoms with Gasteiger partial charge >= 0.3 is 0 Å². The average molecular weight is 334 g/mol. The number of nitrogens with one attached hydrogen (secondary N) is 2. The third-order valence-corrected chi connectivity index (χ3v) is 4.12. The fraction of sp³-hybridized carbons (Fsp3) is 0.250. The summed E-state index contributed by atoms with van der Waals surface area (Å²) in [6.45, 7) is 4.07. The van der Waals surface area contributed by atoms with Gasteiger partial charge in [-0.05, 0) is 54.8 Å². The molecule has 1 aromatic carbocycles. The van der Waals surface area contributed by atoms with Crippen molar-refractivity contribution < 1.29 is 4.79 Å². The van der Waals surface area contributed by atoms with Gasteiger partial charge in [0.25, 0.3) is 5.91 Å². The first-order valence-corrected chi connectivity index (χ1v) is 8.53. The standard InChI is InChI=1S/C20H22N4O/c1-3-4-18-13-19(24-23-18)14(2)22-20(25)17-7-5-15(6-8-17)16-9-11-21-12-10-16/h5-14H,3-4H2,1-2H3,(H,22,25)(H,23,24). The Bertz CT molecular complexity index is 824. The van der Waals surface area contributed by atoms with Crippen molar-refractivity contribution in [1.82, 2.24) is 20.5 Å². The zero-order chi connectivity index (χ0) is 17.6. The molecule has 5 heteroatoms. The van der Waals surface area contributed by atoms with Crippen molar-refractivity contribution in [2.24, 2.45) is 0 Å². The molecule has 5 nitrogen and oxygen atoms in total. The van der Waals surface area contributed by atoms with E-state index in [1.54, 1.807) is 12.4 Å². The van der Waals surface area contributed by atoms with E-state index in [0.29, 0.717) is 5.56 Å². The summed E-state index contributed by atoms with van der Waals surface area (Å²) in [5.74, 6) is -0.103. The summed E-state index contributed by atoms with van der Waals surface area (Å²) in [5, 5.41) is 10.3. The number of carbonyl (C=O) groups is 1. The Labute approximate surface area is 147 Å². The first-order valence-electron chi connectivity index (χ1n) is 8.53. The molecule has 0 fully saturated rings. The minimum atomic E-state index is -0.144. The van der Waals surface area contributed by atoms with Crippen molar-refractivity contribution in [1.29, 1.82) is 0 Å². The second-order valence-corrected chi connectivity index (χ2v) is 6.08. The number of benzene rings is 1. The van der Waals surface area contributed by atoms with Gasteiger partial charge in [-0.2, -0.15) is 5.10 Å². The number of nitrogens with zero attached hydrogens (tertiary/aromatic N) is 2. The van der Waals surface area contributed by atoms with Crippen LogP contribution in [0, 0.1) is 0 Å². The maximum Gasteiger partial charge on any atom is 0.251 e. The van der Waals surface area contributed by atoms with Crippen LogP contribution in [0.5, 0.6) is 0 Å². The largest absolute Gasteiger partial charge is 0.344 e. The molecule has 1 unspecified atom stereocenters. The van der Waals surface area contributed by atoms with Crippen LogP contribution in [0.25, 0.3) is 11.1 Å². The van der Waals surface area contributed by atoms with E-state index in [1.165, 1.54) is 0 Å². The van der Waals surface area contributed by atoms with Crippen molar-refractivity contribution in [3.05, 3.63) is 71.8 Å². The summed E-state index contributed by atoms with van der Waals surface area (Å²) < 4.78 is 0. The van der Waals surface area contributed by atoms with Crippen LogP contribution in [-0.4, -0.2) is 21.1 Å². The summed E-state index contributed by atoms with van der Waals surface area (Å²) in [7, 11) is 0. The number of hydrogen-bond acceptors (Lipinski definition) is 3. The second-order valence-electron chi connectivity index (χ2n) is 6.08. The molecule has 0 aliphatic rings. The Balaban J connectivity index is 1.66. The van der Waals surface area contributed by atoms with Crippen LogP contribution in [0.4, 0.5) is 0 Å². The topological polar surface area (TPSA) is 70.7 Å². The molecule has 3 aromatic rings. The van der Waals surface area contributed by atoms with Gasteiger partial charge in [-0.1, -0.05) is 25.5 Å². The van der Waals surface area contributed by atoms with E-state index >= 15 is 0 Å². The van der Waals surface area contributed by atoms with Crippen LogP contribution in [0.2, 0.25) is 0 Å². The minimum Gasteiger partial charge on any atom is -0.344 e. The Kier molecular flexibility index (Phi) is 5.23. The van der Waals surface area contributed by atoms with E-state index in [-0.39, 0.29) is 11.9 Å². The van der Waals surface area contributed by atoms with Crippen molar-refractivity contribution in [3.8, 4) is 11.1 Å². The van der Waals surface area contributed by atoms with Crippen molar-refractivity contribution in [3.63, 3.8) is 0 Å². The molecule has 2 heterocycles. The molecule has 2 aromatic heterocycles. The van der Waals surface area contributed by atoms with Crippen LogP contribution >= 0.6 is 0 Å². The molecule has 3 rings (SSSR count). The van der Waals surface area contributed by atoms with Crippen molar-refractivity contribution in [2.45, 2.75) is 32.7 Å². The van der Waals surface area contributed by atoms with Gasteiger partial charge in [-0.3, -0.25) is 14.9 Å². The lowest BCUT2D eigenvalue weighted by Gasteiger charge is -2.11. The molecule has 25 heavy (non-hydrogen) atoms. The number of aromatic nitrogens is 3. The van der Waals surface area contributed by atoms with E-state index < -0.39 is 0 Å². The predicted molar refractivity (Wildman–Crippen MR) is 98.1 cm³/mol. The number of rotatable bonds is 6. The molecular weight excluding hydrogens is 312 g/mol. The average Bonchev–Trinajstić information content (AvgIpc) is 3.12. The lowest BCUT2D eigenvalue weighted by molar-refractivity contribution is 0.0939. The molecule has 0 radical (unpaired) electrons. The lowest BCUT2D eigenvalue weighted by Crippen LogP contribution is -2.26. The monoisotopic (exact) mass is 334 g/mol. The SMILES string of the molecule is CCCc1cc(C(C)NC(=O)c2ccc(-c3ccncc3)cc2)n[nH]1.